The molecule has 1 amide bonds. The van der Waals surface area contributed by atoms with Gasteiger partial charge in [0.1, 0.15) is 9.88 Å². The first kappa shape index (κ1) is 15.4. The largest absolute Gasteiger partial charge is 0.321 e. The van der Waals surface area contributed by atoms with Crippen molar-refractivity contribution in [2.75, 3.05) is 5.32 Å². The van der Waals surface area contributed by atoms with Crippen LogP contribution < -0.4 is 5.32 Å². The summed E-state index contributed by atoms with van der Waals surface area (Å²) in [5, 5.41) is 3.82. The molecule has 0 saturated heterocycles. The summed E-state index contributed by atoms with van der Waals surface area (Å²) in [6, 6.07) is 9.77. The van der Waals surface area contributed by atoms with Gasteiger partial charge in [0.15, 0.2) is 0 Å². The number of rotatable bonds is 3. The third-order valence-corrected chi connectivity index (χ3v) is 4.84. The molecule has 0 unspecified atom stereocenters. The fourth-order valence-corrected chi connectivity index (χ4v) is 3.35. The molecule has 116 valence electrons. The lowest BCUT2D eigenvalue weighted by Crippen LogP contribution is -2.13. The molecule has 0 aliphatic heterocycles. The Kier molecular flexibility index (Phi) is 4.21. The number of benzene rings is 1. The first-order chi connectivity index (χ1) is 11.1. The van der Waals surface area contributed by atoms with Gasteiger partial charge in [-0.1, -0.05) is 18.2 Å². The van der Waals surface area contributed by atoms with Crippen LogP contribution in [0.4, 0.5) is 5.69 Å². The maximum absolute atomic E-state index is 12.6. The third kappa shape index (κ3) is 3.14. The summed E-state index contributed by atoms with van der Waals surface area (Å²) in [5.41, 5.74) is 4.62. The van der Waals surface area contributed by atoms with E-state index >= 15 is 0 Å². The van der Waals surface area contributed by atoms with Crippen LogP contribution in [0.25, 0.3) is 10.6 Å². The Hall–Kier alpha value is -2.53. The molecule has 3 aromatic rings. The number of hydrogen-bond acceptors (Lipinski definition) is 4. The van der Waals surface area contributed by atoms with Gasteiger partial charge in [0.2, 0.25) is 0 Å². The summed E-state index contributed by atoms with van der Waals surface area (Å²) >= 11 is 1.39. The van der Waals surface area contributed by atoms with Gasteiger partial charge < -0.3 is 5.32 Å². The maximum Gasteiger partial charge on any atom is 0.267 e. The van der Waals surface area contributed by atoms with E-state index in [1.807, 2.05) is 51.1 Å². The van der Waals surface area contributed by atoms with Crippen molar-refractivity contribution in [2.45, 2.75) is 20.8 Å². The number of carbonyl (C=O) groups excluding carboxylic acids is 1. The number of pyridine rings is 1. The molecule has 0 aliphatic carbocycles. The molecule has 0 spiro atoms. The van der Waals surface area contributed by atoms with Crippen molar-refractivity contribution >= 4 is 22.9 Å². The molecule has 3 rings (SSSR count). The van der Waals surface area contributed by atoms with Crippen molar-refractivity contribution in [3.05, 3.63) is 64.4 Å². The van der Waals surface area contributed by atoms with Crippen LogP contribution in [0, 0.1) is 20.8 Å². The van der Waals surface area contributed by atoms with Crippen LogP contribution in [0.1, 0.15) is 26.5 Å². The highest BCUT2D eigenvalue weighted by molar-refractivity contribution is 7.17. The number of amides is 1. The van der Waals surface area contributed by atoms with Gasteiger partial charge >= 0.3 is 0 Å². The summed E-state index contributed by atoms with van der Waals surface area (Å²) in [5.74, 6) is -0.118. The molecule has 23 heavy (non-hydrogen) atoms. The minimum Gasteiger partial charge on any atom is -0.321 e. The van der Waals surface area contributed by atoms with Gasteiger partial charge in [0.25, 0.3) is 5.91 Å². The zero-order valence-electron chi connectivity index (χ0n) is 13.3. The Morgan fingerprint density at radius 1 is 1.09 bits per heavy atom. The van der Waals surface area contributed by atoms with Crippen LogP contribution in [-0.2, 0) is 0 Å². The highest BCUT2D eigenvalue weighted by Crippen LogP contribution is 2.28. The topological polar surface area (TPSA) is 54.9 Å². The molecular formula is C18H17N3OS. The van der Waals surface area contributed by atoms with Crippen molar-refractivity contribution in [3.8, 4) is 10.6 Å². The Morgan fingerprint density at radius 2 is 1.83 bits per heavy atom. The Labute approximate surface area is 139 Å². The van der Waals surface area contributed by atoms with Crippen LogP contribution in [-0.4, -0.2) is 15.9 Å². The molecule has 5 heteroatoms. The van der Waals surface area contributed by atoms with E-state index in [1.54, 1.807) is 12.4 Å². The van der Waals surface area contributed by atoms with Gasteiger partial charge in [-0.25, -0.2) is 4.98 Å². The number of para-hydroxylation sites is 1. The van der Waals surface area contributed by atoms with Gasteiger partial charge in [-0.05, 0) is 44.0 Å². The van der Waals surface area contributed by atoms with Crippen LogP contribution in [0.3, 0.4) is 0 Å². The smallest absolute Gasteiger partial charge is 0.267 e. The van der Waals surface area contributed by atoms with Crippen LogP contribution in [0.5, 0.6) is 0 Å². The predicted molar refractivity (Wildman–Crippen MR) is 94.0 cm³/mol. The van der Waals surface area contributed by atoms with Crippen LogP contribution >= 0.6 is 11.3 Å². The number of thiazole rings is 1. The van der Waals surface area contributed by atoms with Gasteiger partial charge in [-0.2, -0.15) is 0 Å². The maximum atomic E-state index is 12.6. The lowest BCUT2D eigenvalue weighted by molar-refractivity contribution is 0.102. The first-order valence-electron chi connectivity index (χ1n) is 7.31. The molecule has 0 aliphatic rings. The minimum atomic E-state index is -0.118. The van der Waals surface area contributed by atoms with E-state index in [0.29, 0.717) is 4.88 Å². The normalized spacial score (nSPS) is 10.6. The molecule has 2 heterocycles. The highest BCUT2D eigenvalue weighted by atomic mass is 32.1. The SMILES string of the molecule is Cc1cccc(C)c1NC(=O)c1sc(-c2cccnc2)nc1C. The zero-order chi connectivity index (χ0) is 16.4. The number of anilines is 1. The average Bonchev–Trinajstić information content (AvgIpc) is 2.94. The fraction of sp³-hybridized carbons (Fsp3) is 0.167. The highest BCUT2D eigenvalue weighted by Gasteiger charge is 2.17. The molecule has 1 aromatic carbocycles. The fourth-order valence-electron chi connectivity index (χ4n) is 2.40. The quantitative estimate of drug-likeness (QED) is 0.778. The van der Waals surface area contributed by atoms with Gasteiger partial charge in [-0.15, -0.1) is 11.3 Å². The summed E-state index contributed by atoms with van der Waals surface area (Å²) < 4.78 is 0. The van der Waals surface area contributed by atoms with E-state index in [4.69, 9.17) is 0 Å². The van der Waals surface area contributed by atoms with Crippen molar-refractivity contribution in [2.24, 2.45) is 0 Å². The molecule has 2 aromatic heterocycles. The lowest BCUT2D eigenvalue weighted by Gasteiger charge is -2.10. The number of aryl methyl sites for hydroxylation is 3. The second kappa shape index (κ2) is 6.30. The summed E-state index contributed by atoms with van der Waals surface area (Å²) in [6.07, 6.45) is 3.48. The molecule has 0 fully saturated rings. The summed E-state index contributed by atoms with van der Waals surface area (Å²) in [4.78, 5) is 21.9. The van der Waals surface area contributed by atoms with Crippen molar-refractivity contribution < 1.29 is 4.79 Å². The van der Waals surface area contributed by atoms with E-state index < -0.39 is 0 Å². The Morgan fingerprint density at radius 3 is 2.48 bits per heavy atom. The number of nitrogens with zero attached hydrogens (tertiary/aromatic N) is 2. The summed E-state index contributed by atoms with van der Waals surface area (Å²) in [7, 11) is 0. The first-order valence-corrected chi connectivity index (χ1v) is 8.13. The molecule has 0 saturated carbocycles. The molecule has 4 nitrogen and oxygen atoms in total. The van der Waals surface area contributed by atoms with E-state index in [9.17, 15) is 4.79 Å². The van der Waals surface area contributed by atoms with E-state index in [0.717, 1.165) is 33.1 Å². The Bertz CT molecular complexity index is 836. The number of hydrogen-bond donors (Lipinski definition) is 1. The van der Waals surface area contributed by atoms with Crippen molar-refractivity contribution in [3.63, 3.8) is 0 Å². The number of carbonyl (C=O) groups is 1. The monoisotopic (exact) mass is 323 g/mol. The zero-order valence-corrected chi connectivity index (χ0v) is 14.1. The second-order valence-corrected chi connectivity index (χ2v) is 6.40. The van der Waals surface area contributed by atoms with E-state index in [2.05, 4.69) is 15.3 Å². The second-order valence-electron chi connectivity index (χ2n) is 5.40. The average molecular weight is 323 g/mol. The molecule has 0 bridgehead atoms. The number of aromatic nitrogens is 2. The summed E-state index contributed by atoms with van der Waals surface area (Å²) in [6.45, 7) is 5.84. The van der Waals surface area contributed by atoms with E-state index in [1.165, 1.54) is 11.3 Å². The van der Waals surface area contributed by atoms with Gasteiger partial charge in [-0.3, -0.25) is 9.78 Å². The minimum absolute atomic E-state index is 0.118. The molecule has 0 radical (unpaired) electrons. The van der Waals surface area contributed by atoms with Crippen molar-refractivity contribution in [1.82, 2.24) is 9.97 Å². The van der Waals surface area contributed by atoms with Crippen LogP contribution in [0.15, 0.2) is 42.7 Å². The van der Waals surface area contributed by atoms with Gasteiger partial charge in [0.05, 0.1) is 5.69 Å². The lowest BCUT2D eigenvalue weighted by atomic mass is 10.1. The van der Waals surface area contributed by atoms with E-state index in [-0.39, 0.29) is 5.91 Å². The number of nitrogens with one attached hydrogen (secondary N) is 1. The standard InChI is InChI=1S/C18H17N3OS/c1-11-6-4-7-12(2)15(11)21-17(22)16-13(3)20-18(23-16)14-8-5-9-19-10-14/h4-10H,1-3H3,(H,21,22). The molecular weight excluding hydrogens is 306 g/mol. The third-order valence-electron chi connectivity index (χ3n) is 3.63. The molecule has 0 atom stereocenters. The molecule has 1 N–H and O–H groups in total. The Balaban J connectivity index is 1.90. The van der Waals surface area contributed by atoms with Gasteiger partial charge in [0, 0.05) is 23.6 Å². The predicted octanol–water partition coefficient (Wildman–Crippen LogP) is 4.38. The van der Waals surface area contributed by atoms with Crippen molar-refractivity contribution in [1.29, 1.82) is 0 Å². The van der Waals surface area contributed by atoms with Crippen LogP contribution in [0.2, 0.25) is 0 Å².